The Labute approximate surface area is 233 Å². The quantitative estimate of drug-likeness (QED) is 0.306. The van der Waals surface area contributed by atoms with Gasteiger partial charge in [-0.2, -0.15) is 4.31 Å². The number of rotatable bonds is 12. The molecule has 1 aliphatic rings. The first-order valence-corrected chi connectivity index (χ1v) is 15.6. The molecule has 0 spiro atoms. The zero-order chi connectivity index (χ0) is 27.8. The number of nitrogens with one attached hydrogen (secondary N) is 2. The summed E-state index contributed by atoms with van der Waals surface area (Å²) in [4.78, 5) is 13.2. The Bertz CT molecular complexity index is 1360. The van der Waals surface area contributed by atoms with Gasteiger partial charge in [-0.05, 0) is 78.9 Å². The molecule has 0 unspecified atom stereocenters. The first-order valence-electron chi connectivity index (χ1n) is 13.0. The van der Waals surface area contributed by atoms with Gasteiger partial charge in [0.25, 0.3) is 5.91 Å². The number of aryl methyl sites for hydroxylation is 1. The van der Waals surface area contributed by atoms with Crippen molar-refractivity contribution in [3.63, 3.8) is 0 Å². The Morgan fingerprint density at radius 1 is 1.00 bits per heavy atom. The zero-order valence-corrected chi connectivity index (χ0v) is 23.5. The molecule has 0 bridgehead atoms. The van der Waals surface area contributed by atoms with Gasteiger partial charge >= 0.3 is 0 Å². The maximum absolute atomic E-state index is 13.8. The Morgan fingerprint density at radius 2 is 1.72 bits per heavy atom. The number of halogens is 2. The van der Waals surface area contributed by atoms with E-state index in [2.05, 4.69) is 29.7 Å². The first kappa shape index (κ1) is 29.2. The molecule has 1 aliphatic heterocycles. The van der Waals surface area contributed by atoms with Crippen molar-refractivity contribution in [3.8, 4) is 0 Å². The Balaban J connectivity index is 1.41. The van der Waals surface area contributed by atoms with Crippen LogP contribution in [0, 0.1) is 11.6 Å². The van der Waals surface area contributed by atoms with Crippen LogP contribution in [0.1, 0.15) is 40.4 Å². The lowest BCUT2D eigenvalue weighted by atomic mass is 10.0. The van der Waals surface area contributed by atoms with Gasteiger partial charge in [0.1, 0.15) is 11.6 Å². The molecule has 1 saturated heterocycles. The average Bonchev–Trinajstić information content (AvgIpc) is 3.47. The zero-order valence-electron chi connectivity index (χ0n) is 21.8. The molecular formula is C29H33F2N3O3S2. The minimum atomic E-state index is -3.59. The van der Waals surface area contributed by atoms with Gasteiger partial charge in [-0.1, -0.05) is 31.2 Å². The summed E-state index contributed by atoms with van der Waals surface area (Å²) in [5.41, 5.74) is 3.17. The third kappa shape index (κ3) is 8.11. The van der Waals surface area contributed by atoms with Crippen LogP contribution in [0.15, 0.2) is 71.6 Å². The van der Waals surface area contributed by atoms with Crippen molar-refractivity contribution in [1.29, 1.82) is 0 Å². The van der Waals surface area contributed by atoms with E-state index in [0.29, 0.717) is 43.1 Å². The number of hydrogen-bond acceptors (Lipinski definition) is 5. The van der Waals surface area contributed by atoms with Crippen LogP contribution in [0.4, 0.5) is 8.78 Å². The minimum Gasteiger partial charge on any atom is -0.349 e. The summed E-state index contributed by atoms with van der Waals surface area (Å²) >= 11 is 1.56. The van der Waals surface area contributed by atoms with Crippen molar-refractivity contribution in [1.82, 2.24) is 14.9 Å². The fraction of sp³-hybridized carbons (Fsp3) is 0.345. The van der Waals surface area contributed by atoms with Crippen molar-refractivity contribution >= 4 is 27.7 Å². The van der Waals surface area contributed by atoms with Crippen LogP contribution in [0.25, 0.3) is 0 Å². The van der Waals surface area contributed by atoms with Crippen LogP contribution < -0.4 is 10.6 Å². The van der Waals surface area contributed by atoms with E-state index in [-0.39, 0.29) is 17.2 Å². The Morgan fingerprint density at radius 3 is 2.38 bits per heavy atom. The van der Waals surface area contributed by atoms with Gasteiger partial charge in [-0.25, -0.2) is 17.2 Å². The molecule has 208 valence electrons. The van der Waals surface area contributed by atoms with E-state index in [1.165, 1.54) is 46.3 Å². The van der Waals surface area contributed by atoms with Gasteiger partial charge in [0, 0.05) is 36.5 Å². The van der Waals surface area contributed by atoms with E-state index >= 15 is 0 Å². The van der Waals surface area contributed by atoms with Gasteiger partial charge in [0.15, 0.2) is 0 Å². The van der Waals surface area contributed by atoms with Crippen LogP contribution in [0.3, 0.4) is 0 Å². The molecule has 1 heterocycles. The number of benzene rings is 3. The van der Waals surface area contributed by atoms with Crippen molar-refractivity contribution in [2.45, 2.75) is 43.7 Å². The molecule has 6 nitrogen and oxygen atoms in total. The van der Waals surface area contributed by atoms with Crippen molar-refractivity contribution in [2.75, 3.05) is 24.7 Å². The van der Waals surface area contributed by atoms with E-state index in [1.54, 1.807) is 11.8 Å². The third-order valence-corrected chi connectivity index (χ3v) is 9.60. The van der Waals surface area contributed by atoms with Crippen LogP contribution >= 0.6 is 11.8 Å². The number of carbonyl (C=O) groups excluding carboxylic acids is 1. The van der Waals surface area contributed by atoms with Gasteiger partial charge in [-0.15, -0.1) is 11.8 Å². The summed E-state index contributed by atoms with van der Waals surface area (Å²) in [6.45, 7) is 3.81. The Hall–Kier alpha value is -2.79. The SMILES string of the molecule is CCc1cccc(CNCC[C@H](Cc2cc(F)cc(F)c2)NC(=O)c2ccc(S(=O)(=O)N3CCSC3)cc2)c1. The second kappa shape index (κ2) is 13.5. The third-order valence-electron chi connectivity index (χ3n) is 6.61. The van der Waals surface area contributed by atoms with Crippen LogP contribution in [0.2, 0.25) is 0 Å². The molecule has 0 aromatic heterocycles. The summed E-state index contributed by atoms with van der Waals surface area (Å²) < 4.78 is 54.6. The standard InChI is InChI=1S/C29H33F2N3O3S2/c1-2-21-4-3-5-22(14-21)19-32-11-10-27(17-23-15-25(30)18-26(31)16-23)33-29(35)24-6-8-28(9-7-24)39(36,37)34-12-13-38-20-34/h3-9,14-16,18,27,32H,2,10-13,17,19-20H2,1H3,(H,33,35)/t27-/m1/s1. The number of hydrogen-bond donors (Lipinski definition) is 2. The molecular weight excluding hydrogens is 540 g/mol. The van der Waals surface area contributed by atoms with E-state index in [0.717, 1.165) is 23.8 Å². The van der Waals surface area contributed by atoms with E-state index in [9.17, 15) is 22.0 Å². The summed E-state index contributed by atoms with van der Waals surface area (Å²) in [5.74, 6) is -0.538. The maximum Gasteiger partial charge on any atom is 0.251 e. The molecule has 0 radical (unpaired) electrons. The molecule has 1 fully saturated rings. The van der Waals surface area contributed by atoms with Gasteiger partial charge in [0.2, 0.25) is 10.0 Å². The lowest BCUT2D eigenvalue weighted by molar-refractivity contribution is 0.0934. The highest BCUT2D eigenvalue weighted by atomic mass is 32.2. The summed E-state index contributed by atoms with van der Waals surface area (Å²) in [6, 6.07) is 17.1. The fourth-order valence-electron chi connectivity index (χ4n) is 4.49. The number of amides is 1. The highest BCUT2D eigenvalue weighted by molar-refractivity contribution is 8.00. The molecule has 1 amide bonds. The lowest BCUT2D eigenvalue weighted by Crippen LogP contribution is -2.38. The van der Waals surface area contributed by atoms with E-state index in [1.807, 2.05) is 12.1 Å². The predicted molar refractivity (Wildman–Crippen MR) is 151 cm³/mol. The normalized spacial score (nSPS) is 14.8. The molecule has 3 aromatic rings. The lowest BCUT2D eigenvalue weighted by Gasteiger charge is -2.20. The number of carbonyl (C=O) groups is 1. The Kier molecular flexibility index (Phi) is 10.1. The highest BCUT2D eigenvalue weighted by Crippen LogP contribution is 2.23. The molecule has 1 atom stereocenters. The molecule has 2 N–H and O–H groups in total. The summed E-state index contributed by atoms with van der Waals surface area (Å²) in [7, 11) is -3.59. The van der Waals surface area contributed by atoms with E-state index < -0.39 is 27.7 Å². The summed E-state index contributed by atoms with van der Waals surface area (Å²) in [5, 5.41) is 6.35. The maximum atomic E-state index is 13.8. The topological polar surface area (TPSA) is 78.5 Å². The van der Waals surface area contributed by atoms with E-state index in [4.69, 9.17) is 0 Å². The van der Waals surface area contributed by atoms with Crippen LogP contribution in [-0.2, 0) is 29.4 Å². The highest BCUT2D eigenvalue weighted by Gasteiger charge is 2.27. The van der Waals surface area contributed by atoms with Gasteiger partial charge in [-0.3, -0.25) is 4.79 Å². The molecule has 10 heteroatoms. The second-order valence-corrected chi connectivity index (χ2v) is 12.5. The first-order chi connectivity index (χ1) is 18.7. The van der Waals surface area contributed by atoms with Crippen LogP contribution in [0.5, 0.6) is 0 Å². The second-order valence-electron chi connectivity index (χ2n) is 9.53. The molecule has 0 saturated carbocycles. The van der Waals surface area contributed by atoms with Gasteiger partial charge < -0.3 is 10.6 Å². The molecule has 0 aliphatic carbocycles. The summed E-state index contributed by atoms with van der Waals surface area (Å²) in [6.07, 6.45) is 1.72. The average molecular weight is 574 g/mol. The van der Waals surface area contributed by atoms with Crippen molar-refractivity contribution in [2.24, 2.45) is 0 Å². The molecule has 4 rings (SSSR count). The number of nitrogens with zero attached hydrogens (tertiary/aromatic N) is 1. The largest absolute Gasteiger partial charge is 0.349 e. The van der Waals surface area contributed by atoms with Gasteiger partial charge in [0.05, 0.1) is 10.8 Å². The van der Waals surface area contributed by atoms with Crippen molar-refractivity contribution in [3.05, 3.63) is 101 Å². The van der Waals surface area contributed by atoms with Crippen molar-refractivity contribution < 1.29 is 22.0 Å². The molecule has 39 heavy (non-hydrogen) atoms. The smallest absolute Gasteiger partial charge is 0.251 e. The predicted octanol–water partition coefficient (Wildman–Crippen LogP) is 4.74. The monoisotopic (exact) mass is 573 g/mol. The fourth-order valence-corrected chi connectivity index (χ4v) is 7.31. The number of thioether (sulfide) groups is 1. The van der Waals surface area contributed by atoms with Crippen LogP contribution in [-0.4, -0.2) is 49.4 Å². The number of sulfonamides is 1. The molecule has 3 aromatic carbocycles. The minimum absolute atomic E-state index is 0.143.